The van der Waals surface area contributed by atoms with Crippen LogP contribution in [0.5, 0.6) is 0 Å². The van der Waals surface area contributed by atoms with Crippen LogP contribution in [0, 0.1) is 12.8 Å². The molecule has 160 valence electrons. The van der Waals surface area contributed by atoms with Crippen LogP contribution in [-0.2, 0) is 27.4 Å². The summed E-state index contributed by atoms with van der Waals surface area (Å²) in [5, 5.41) is 1.15. The van der Waals surface area contributed by atoms with Crippen molar-refractivity contribution in [3.63, 3.8) is 0 Å². The van der Waals surface area contributed by atoms with Crippen molar-refractivity contribution in [3.05, 3.63) is 80.7 Å². The number of ether oxygens (including phenoxy) is 1. The monoisotopic (exact) mass is 439 g/mol. The quantitative estimate of drug-likeness (QED) is 0.430. The van der Waals surface area contributed by atoms with Gasteiger partial charge in [-0.3, -0.25) is 9.59 Å². The first kappa shape index (κ1) is 21.1. The van der Waals surface area contributed by atoms with E-state index in [1.807, 2.05) is 37.3 Å². The normalized spacial score (nSPS) is 16.1. The number of carbonyl (C=O) groups excluding carboxylic acids is 2. The Balaban J connectivity index is 1.40. The molecule has 1 fully saturated rings. The van der Waals surface area contributed by atoms with E-state index in [1.165, 1.54) is 6.07 Å². The summed E-state index contributed by atoms with van der Waals surface area (Å²) < 4.78 is 10.7. The van der Waals surface area contributed by atoms with E-state index in [1.54, 1.807) is 17.0 Å². The Morgan fingerprint density at radius 2 is 1.97 bits per heavy atom. The van der Waals surface area contributed by atoms with Crippen molar-refractivity contribution in [2.75, 3.05) is 13.1 Å². The van der Waals surface area contributed by atoms with Crippen molar-refractivity contribution in [3.8, 4) is 0 Å². The van der Waals surface area contributed by atoms with E-state index in [-0.39, 0.29) is 18.9 Å². The average Bonchev–Trinajstić information content (AvgIpc) is 3.13. The number of carbonyl (C=O) groups is 2. The van der Waals surface area contributed by atoms with Crippen LogP contribution in [-0.4, -0.2) is 29.9 Å². The average molecular weight is 440 g/mol. The third-order valence-corrected chi connectivity index (χ3v) is 5.95. The number of aryl methyl sites for hydroxylation is 1. The molecule has 3 aromatic rings. The SMILES string of the molecule is Cc1cc2oc(=O)cc(COC(=O)[C@H]3CC(=O)N(CCc4ccccc4)C3)c2cc1Cl. The highest BCUT2D eigenvalue weighted by Crippen LogP contribution is 2.26. The van der Waals surface area contributed by atoms with Gasteiger partial charge >= 0.3 is 11.6 Å². The third-order valence-electron chi connectivity index (χ3n) is 5.54. The number of likely N-dealkylation sites (tertiary alicyclic amines) is 1. The number of hydrogen-bond acceptors (Lipinski definition) is 5. The van der Waals surface area contributed by atoms with Crippen molar-refractivity contribution in [2.45, 2.75) is 26.4 Å². The van der Waals surface area contributed by atoms with Gasteiger partial charge in [-0.05, 0) is 36.6 Å². The smallest absolute Gasteiger partial charge is 0.336 e. The standard InChI is InChI=1S/C24H22ClNO5/c1-15-9-21-19(12-20(15)25)18(11-23(28)31-21)14-30-24(29)17-10-22(27)26(13-17)8-7-16-5-3-2-4-6-16/h2-6,9,11-12,17H,7-8,10,13-14H2,1H3/t17-/m0/s1. The summed E-state index contributed by atoms with van der Waals surface area (Å²) in [5.74, 6) is -1.01. The molecule has 0 bridgehead atoms. The molecule has 0 spiro atoms. The zero-order valence-electron chi connectivity index (χ0n) is 17.1. The van der Waals surface area contributed by atoms with Gasteiger partial charge in [-0.25, -0.2) is 4.79 Å². The second kappa shape index (κ2) is 8.94. The number of fused-ring (bicyclic) bond motifs is 1. The zero-order chi connectivity index (χ0) is 22.0. The van der Waals surface area contributed by atoms with Crippen molar-refractivity contribution in [1.29, 1.82) is 0 Å². The number of nitrogens with zero attached hydrogens (tertiary/aromatic N) is 1. The fourth-order valence-electron chi connectivity index (χ4n) is 3.79. The van der Waals surface area contributed by atoms with E-state index in [0.717, 1.165) is 17.5 Å². The largest absolute Gasteiger partial charge is 0.461 e. The second-order valence-electron chi connectivity index (χ2n) is 7.77. The number of amides is 1. The van der Waals surface area contributed by atoms with Crippen molar-refractivity contribution >= 4 is 34.4 Å². The minimum atomic E-state index is -0.525. The van der Waals surface area contributed by atoms with Gasteiger partial charge in [0.1, 0.15) is 12.2 Å². The highest BCUT2D eigenvalue weighted by atomic mass is 35.5. The van der Waals surface area contributed by atoms with Crippen LogP contribution < -0.4 is 5.63 Å². The number of benzene rings is 2. The Morgan fingerprint density at radius 1 is 1.19 bits per heavy atom. The molecule has 2 heterocycles. The van der Waals surface area contributed by atoms with Crippen LogP contribution in [0.25, 0.3) is 11.0 Å². The Morgan fingerprint density at radius 3 is 2.74 bits per heavy atom. The molecule has 31 heavy (non-hydrogen) atoms. The first-order chi connectivity index (χ1) is 14.9. The lowest BCUT2D eigenvalue weighted by molar-refractivity contribution is -0.149. The lowest BCUT2D eigenvalue weighted by atomic mass is 10.1. The fraction of sp³-hybridized carbons (Fsp3) is 0.292. The Bertz CT molecular complexity index is 1190. The first-order valence-corrected chi connectivity index (χ1v) is 10.5. The van der Waals surface area contributed by atoms with Gasteiger partial charge in [-0.2, -0.15) is 0 Å². The van der Waals surface area contributed by atoms with Crippen LogP contribution >= 0.6 is 11.6 Å². The van der Waals surface area contributed by atoms with Gasteiger partial charge in [0.25, 0.3) is 0 Å². The fourth-order valence-corrected chi connectivity index (χ4v) is 3.95. The lowest BCUT2D eigenvalue weighted by Gasteiger charge is -2.16. The molecule has 0 unspecified atom stereocenters. The molecule has 1 aliphatic heterocycles. The van der Waals surface area contributed by atoms with Crippen LogP contribution in [0.4, 0.5) is 0 Å². The molecule has 1 atom stereocenters. The molecule has 1 aromatic heterocycles. The Labute approximate surface area is 184 Å². The molecule has 0 saturated carbocycles. The molecule has 4 rings (SSSR count). The minimum absolute atomic E-state index is 0.0501. The number of esters is 1. The van der Waals surface area contributed by atoms with E-state index < -0.39 is 17.5 Å². The molecule has 1 aliphatic rings. The maximum atomic E-state index is 12.6. The second-order valence-corrected chi connectivity index (χ2v) is 8.18. The molecule has 1 amide bonds. The predicted octanol–water partition coefficient (Wildman–Crippen LogP) is 3.89. The summed E-state index contributed by atoms with van der Waals surface area (Å²) >= 11 is 6.20. The van der Waals surface area contributed by atoms with Crippen LogP contribution in [0.2, 0.25) is 5.02 Å². The Hall–Kier alpha value is -3.12. The highest BCUT2D eigenvalue weighted by molar-refractivity contribution is 6.32. The zero-order valence-corrected chi connectivity index (χ0v) is 17.9. The Kier molecular flexibility index (Phi) is 6.09. The van der Waals surface area contributed by atoms with E-state index in [9.17, 15) is 14.4 Å². The number of halogens is 1. The van der Waals surface area contributed by atoms with Crippen LogP contribution in [0.3, 0.4) is 0 Å². The molecule has 1 saturated heterocycles. The summed E-state index contributed by atoms with van der Waals surface area (Å²) in [6.07, 6.45) is 0.872. The molecular weight excluding hydrogens is 418 g/mol. The van der Waals surface area contributed by atoms with Crippen molar-refractivity contribution in [1.82, 2.24) is 4.90 Å². The summed E-state index contributed by atoms with van der Waals surface area (Å²) in [6.45, 7) is 2.63. The maximum Gasteiger partial charge on any atom is 0.336 e. The first-order valence-electron chi connectivity index (χ1n) is 10.1. The molecule has 0 N–H and O–H groups in total. The van der Waals surface area contributed by atoms with E-state index in [2.05, 4.69) is 0 Å². The minimum Gasteiger partial charge on any atom is -0.461 e. The van der Waals surface area contributed by atoms with E-state index >= 15 is 0 Å². The summed E-state index contributed by atoms with van der Waals surface area (Å²) in [7, 11) is 0. The number of rotatable bonds is 6. The van der Waals surface area contributed by atoms with Gasteiger partial charge < -0.3 is 14.1 Å². The van der Waals surface area contributed by atoms with E-state index in [4.69, 9.17) is 20.8 Å². The summed E-state index contributed by atoms with van der Waals surface area (Å²) in [5.41, 5.74) is 2.32. The third kappa shape index (κ3) is 4.80. The van der Waals surface area contributed by atoms with Crippen molar-refractivity contribution < 1.29 is 18.7 Å². The van der Waals surface area contributed by atoms with Gasteiger partial charge in [0.05, 0.1) is 5.92 Å². The molecule has 0 aliphatic carbocycles. The van der Waals surface area contributed by atoms with Gasteiger partial charge in [-0.1, -0.05) is 41.9 Å². The van der Waals surface area contributed by atoms with Crippen molar-refractivity contribution in [2.24, 2.45) is 5.92 Å². The van der Waals surface area contributed by atoms with Crippen LogP contribution in [0.15, 0.2) is 57.7 Å². The maximum absolute atomic E-state index is 12.6. The van der Waals surface area contributed by atoms with Gasteiger partial charge in [0.2, 0.25) is 5.91 Å². The molecule has 6 nitrogen and oxygen atoms in total. The van der Waals surface area contributed by atoms with Crippen LogP contribution in [0.1, 0.15) is 23.1 Å². The van der Waals surface area contributed by atoms with E-state index in [0.29, 0.717) is 34.6 Å². The lowest BCUT2D eigenvalue weighted by Crippen LogP contribution is -2.28. The topological polar surface area (TPSA) is 76.8 Å². The molecule has 7 heteroatoms. The summed E-state index contributed by atoms with van der Waals surface area (Å²) in [4.78, 5) is 38.5. The van der Waals surface area contributed by atoms with Gasteiger partial charge in [0.15, 0.2) is 0 Å². The summed E-state index contributed by atoms with van der Waals surface area (Å²) in [6, 6.07) is 14.6. The van der Waals surface area contributed by atoms with Gasteiger partial charge in [-0.15, -0.1) is 0 Å². The highest BCUT2D eigenvalue weighted by Gasteiger charge is 2.35. The predicted molar refractivity (Wildman–Crippen MR) is 117 cm³/mol. The molecular formula is C24H22ClNO5. The molecule has 2 aromatic carbocycles. The molecule has 0 radical (unpaired) electrons. The number of hydrogen-bond donors (Lipinski definition) is 0. The van der Waals surface area contributed by atoms with Gasteiger partial charge in [0, 0.05) is 41.5 Å².